The summed E-state index contributed by atoms with van der Waals surface area (Å²) >= 11 is 0. The van der Waals surface area contributed by atoms with Gasteiger partial charge in [0.2, 0.25) is 5.91 Å². The molecule has 0 saturated heterocycles. The van der Waals surface area contributed by atoms with Crippen molar-refractivity contribution < 1.29 is 10.0 Å². The van der Waals surface area contributed by atoms with Crippen LogP contribution in [0, 0.1) is 0 Å². The third-order valence-electron chi connectivity index (χ3n) is 2.32. The van der Waals surface area contributed by atoms with Crippen LogP contribution in [0.2, 0.25) is 0 Å². The van der Waals surface area contributed by atoms with E-state index in [0.717, 1.165) is 12.0 Å². The summed E-state index contributed by atoms with van der Waals surface area (Å²) in [5, 5.41) is 14.2. The second-order valence-corrected chi connectivity index (χ2v) is 3.71. The van der Waals surface area contributed by atoms with Crippen LogP contribution in [-0.2, 0) is 11.3 Å². The summed E-state index contributed by atoms with van der Waals surface area (Å²) in [7, 11) is 0. The number of hydrogen-bond acceptors (Lipinski definition) is 3. The van der Waals surface area contributed by atoms with E-state index in [1.54, 1.807) is 12.1 Å². The fourth-order valence-corrected chi connectivity index (χ4v) is 1.37. The van der Waals surface area contributed by atoms with Crippen molar-refractivity contribution in [2.24, 2.45) is 10.9 Å². The zero-order valence-electron chi connectivity index (χ0n) is 9.81. The molecule has 1 amide bonds. The van der Waals surface area contributed by atoms with Crippen molar-refractivity contribution in [3.8, 4) is 0 Å². The molecule has 0 radical (unpaired) electrons. The molecule has 0 bridgehead atoms. The fourth-order valence-electron chi connectivity index (χ4n) is 1.37. The van der Waals surface area contributed by atoms with Gasteiger partial charge in [0, 0.05) is 18.5 Å². The number of oxime groups is 1. The predicted octanol–water partition coefficient (Wildman–Crippen LogP) is 1.20. The Bertz CT molecular complexity index is 399. The highest BCUT2D eigenvalue weighted by Gasteiger charge is 2.01. The van der Waals surface area contributed by atoms with Gasteiger partial charge in [-0.3, -0.25) is 4.79 Å². The van der Waals surface area contributed by atoms with E-state index < -0.39 is 0 Å². The van der Waals surface area contributed by atoms with Gasteiger partial charge < -0.3 is 16.3 Å². The molecule has 0 saturated carbocycles. The average molecular weight is 235 g/mol. The van der Waals surface area contributed by atoms with Crippen LogP contribution in [0.3, 0.4) is 0 Å². The molecule has 17 heavy (non-hydrogen) atoms. The Morgan fingerprint density at radius 3 is 2.59 bits per heavy atom. The summed E-state index contributed by atoms with van der Waals surface area (Å²) in [5.41, 5.74) is 7.06. The van der Waals surface area contributed by atoms with Crippen molar-refractivity contribution in [3.63, 3.8) is 0 Å². The largest absolute Gasteiger partial charge is 0.409 e. The number of amidine groups is 1. The first-order chi connectivity index (χ1) is 8.17. The monoisotopic (exact) mass is 235 g/mol. The molecule has 0 atom stereocenters. The smallest absolute Gasteiger partial charge is 0.220 e. The number of amides is 1. The van der Waals surface area contributed by atoms with Gasteiger partial charge in [-0.15, -0.1) is 0 Å². The molecule has 5 heteroatoms. The van der Waals surface area contributed by atoms with Gasteiger partial charge in [0.25, 0.3) is 0 Å². The Hall–Kier alpha value is -2.04. The lowest BCUT2D eigenvalue weighted by Crippen LogP contribution is -2.22. The minimum absolute atomic E-state index is 0.0491. The molecule has 5 nitrogen and oxygen atoms in total. The highest BCUT2D eigenvalue weighted by atomic mass is 16.4. The lowest BCUT2D eigenvalue weighted by atomic mass is 10.1. The van der Waals surface area contributed by atoms with E-state index in [2.05, 4.69) is 10.5 Å². The van der Waals surface area contributed by atoms with Gasteiger partial charge >= 0.3 is 0 Å². The molecular weight excluding hydrogens is 218 g/mol. The Morgan fingerprint density at radius 1 is 1.41 bits per heavy atom. The summed E-state index contributed by atoms with van der Waals surface area (Å²) in [6.07, 6.45) is 1.39. The Labute approximate surface area is 100 Å². The molecule has 0 aromatic heterocycles. The summed E-state index contributed by atoms with van der Waals surface area (Å²) in [6, 6.07) is 7.16. The van der Waals surface area contributed by atoms with Crippen LogP contribution in [0.1, 0.15) is 30.9 Å². The van der Waals surface area contributed by atoms with Gasteiger partial charge in [-0.2, -0.15) is 0 Å². The third-order valence-corrected chi connectivity index (χ3v) is 2.32. The van der Waals surface area contributed by atoms with Crippen molar-refractivity contribution in [2.75, 3.05) is 0 Å². The van der Waals surface area contributed by atoms with E-state index in [-0.39, 0.29) is 11.7 Å². The number of benzene rings is 1. The quantitative estimate of drug-likeness (QED) is 0.310. The van der Waals surface area contributed by atoms with Gasteiger partial charge in [-0.05, 0) is 12.0 Å². The predicted molar refractivity (Wildman–Crippen MR) is 65.7 cm³/mol. The number of nitrogens with two attached hydrogens (primary N) is 1. The van der Waals surface area contributed by atoms with Crippen molar-refractivity contribution in [2.45, 2.75) is 26.3 Å². The van der Waals surface area contributed by atoms with Gasteiger partial charge in [0.15, 0.2) is 5.84 Å². The molecule has 1 aromatic rings. The van der Waals surface area contributed by atoms with Crippen molar-refractivity contribution in [1.29, 1.82) is 0 Å². The third kappa shape index (κ3) is 4.14. The lowest BCUT2D eigenvalue weighted by molar-refractivity contribution is -0.121. The van der Waals surface area contributed by atoms with Crippen LogP contribution >= 0.6 is 0 Å². The summed E-state index contributed by atoms with van der Waals surface area (Å²) in [4.78, 5) is 11.3. The minimum atomic E-state index is 0.0491. The van der Waals surface area contributed by atoms with E-state index in [1.165, 1.54) is 0 Å². The fraction of sp³-hybridized carbons (Fsp3) is 0.333. The van der Waals surface area contributed by atoms with Crippen molar-refractivity contribution in [1.82, 2.24) is 5.32 Å². The molecule has 0 heterocycles. The maximum Gasteiger partial charge on any atom is 0.220 e. The van der Waals surface area contributed by atoms with Crippen LogP contribution in [0.25, 0.3) is 0 Å². The van der Waals surface area contributed by atoms with Crippen LogP contribution in [0.4, 0.5) is 0 Å². The molecule has 0 aliphatic rings. The Balaban J connectivity index is 2.54. The summed E-state index contributed by atoms with van der Waals surface area (Å²) in [5.74, 6) is 0.125. The first kappa shape index (κ1) is 13.0. The number of hydrogen-bond donors (Lipinski definition) is 3. The molecule has 0 aliphatic carbocycles. The highest BCUT2D eigenvalue weighted by Crippen LogP contribution is 2.04. The molecule has 0 spiro atoms. The second-order valence-electron chi connectivity index (χ2n) is 3.71. The Morgan fingerprint density at radius 2 is 2.06 bits per heavy atom. The summed E-state index contributed by atoms with van der Waals surface area (Å²) in [6.45, 7) is 2.46. The first-order valence-corrected chi connectivity index (χ1v) is 5.51. The van der Waals surface area contributed by atoms with E-state index in [1.807, 2.05) is 19.1 Å². The normalized spacial score (nSPS) is 11.2. The van der Waals surface area contributed by atoms with Crippen molar-refractivity contribution >= 4 is 11.7 Å². The standard InChI is InChI=1S/C12H17N3O2/c1-2-3-11(16)14-8-9-4-6-10(7-5-9)12(13)15-17/h4-7,17H,2-3,8H2,1H3,(H2,13,15)(H,14,16). The van der Waals surface area contributed by atoms with E-state index in [9.17, 15) is 4.79 Å². The van der Waals surface area contributed by atoms with Gasteiger partial charge in [0.1, 0.15) is 0 Å². The second kappa shape index (κ2) is 6.52. The topological polar surface area (TPSA) is 87.7 Å². The highest BCUT2D eigenvalue weighted by molar-refractivity contribution is 5.96. The van der Waals surface area contributed by atoms with Crippen LogP contribution in [-0.4, -0.2) is 17.0 Å². The number of nitrogens with zero attached hydrogens (tertiary/aromatic N) is 1. The van der Waals surface area contributed by atoms with Crippen molar-refractivity contribution in [3.05, 3.63) is 35.4 Å². The van der Waals surface area contributed by atoms with E-state index >= 15 is 0 Å². The number of nitrogens with one attached hydrogen (secondary N) is 1. The molecule has 0 fully saturated rings. The number of rotatable bonds is 5. The maximum atomic E-state index is 11.3. The zero-order valence-corrected chi connectivity index (χ0v) is 9.81. The van der Waals surface area contributed by atoms with Gasteiger partial charge in [0.05, 0.1) is 0 Å². The molecule has 1 rings (SSSR count). The molecule has 92 valence electrons. The minimum Gasteiger partial charge on any atom is -0.409 e. The molecule has 4 N–H and O–H groups in total. The summed E-state index contributed by atoms with van der Waals surface area (Å²) < 4.78 is 0. The molecule has 1 aromatic carbocycles. The van der Waals surface area contributed by atoms with Crippen LogP contribution in [0.15, 0.2) is 29.4 Å². The van der Waals surface area contributed by atoms with Crippen LogP contribution in [0.5, 0.6) is 0 Å². The van der Waals surface area contributed by atoms with Gasteiger partial charge in [-0.25, -0.2) is 0 Å². The maximum absolute atomic E-state index is 11.3. The van der Waals surface area contributed by atoms with E-state index in [0.29, 0.717) is 18.5 Å². The first-order valence-electron chi connectivity index (χ1n) is 5.51. The lowest BCUT2D eigenvalue weighted by Gasteiger charge is -2.05. The van der Waals surface area contributed by atoms with Gasteiger partial charge in [-0.1, -0.05) is 36.3 Å². The van der Waals surface area contributed by atoms with E-state index in [4.69, 9.17) is 10.9 Å². The molecule has 0 unspecified atom stereocenters. The number of carbonyl (C=O) groups is 1. The average Bonchev–Trinajstić information content (AvgIpc) is 2.36. The SMILES string of the molecule is CCCC(=O)NCc1ccc(C(N)=NO)cc1. The Kier molecular flexibility index (Phi) is 5.00. The van der Waals surface area contributed by atoms with Crippen LogP contribution < -0.4 is 11.1 Å². The zero-order chi connectivity index (χ0) is 12.7. The molecular formula is C12H17N3O2. The number of carbonyl (C=O) groups excluding carboxylic acids is 1. The molecule has 0 aliphatic heterocycles.